The summed E-state index contributed by atoms with van der Waals surface area (Å²) >= 11 is 0. The number of aromatic nitrogens is 5. The predicted molar refractivity (Wildman–Crippen MR) is 149 cm³/mol. The Morgan fingerprint density at radius 2 is 1.84 bits per heavy atom. The summed E-state index contributed by atoms with van der Waals surface area (Å²) in [5.74, 6) is 5.21. The van der Waals surface area contributed by atoms with Crippen LogP contribution >= 0.6 is 0 Å². The number of aromatic amines is 1. The third-order valence-electron chi connectivity index (χ3n) is 5.85. The van der Waals surface area contributed by atoms with Gasteiger partial charge in [-0.15, -0.1) is 5.54 Å². The van der Waals surface area contributed by atoms with Crippen LogP contribution < -0.4 is 15.5 Å². The second-order valence-electron chi connectivity index (χ2n) is 10.4. The molecule has 2 amide bonds. The summed E-state index contributed by atoms with van der Waals surface area (Å²) < 4.78 is 0. The molecule has 3 aromatic rings. The van der Waals surface area contributed by atoms with Gasteiger partial charge in [0.25, 0.3) is 0 Å². The van der Waals surface area contributed by atoms with Crippen molar-refractivity contribution in [2.75, 3.05) is 36.4 Å². The first kappa shape index (κ1) is 26.2. The molecule has 1 aliphatic heterocycles. The van der Waals surface area contributed by atoms with Gasteiger partial charge in [0.15, 0.2) is 5.82 Å². The highest BCUT2D eigenvalue weighted by atomic mass is 28.3. The lowest BCUT2D eigenvalue weighted by Gasteiger charge is -2.35. The van der Waals surface area contributed by atoms with Crippen molar-refractivity contribution >= 4 is 31.7 Å². The van der Waals surface area contributed by atoms with Gasteiger partial charge >= 0.3 is 6.03 Å². The van der Waals surface area contributed by atoms with Gasteiger partial charge in [-0.3, -0.25) is 5.10 Å². The summed E-state index contributed by atoms with van der Waals surface area (Å²) in [6, 6.07) is 7.46. The van der Waals surface area contributed by atoms with Gasteiger partial charge in [0.05, 0.1) is 6.04 Å². The number of carbonyl (C=O) groups is 1. The van der Waals surface area contributed by atoms with Gasteiger partial charge < -0.3 is 20.4 Å². The van der Waals surface area contributed by atoms with Crippen molar-refractivity contribution in [1.82, 2.24) is 35.4 Å². The van der Waals surface area contributed by atoms with E-state index in [4.69, 9.17) is 0 Å². The fourth-order valence-electron chi connectivity index (χ4n) is 3.83. The fourth-order valence-corrected chi connectivity index (χ4v) is 4.33. The number of piperazine rings is 1. The number of urea groups is 1. The third kappa shape index (κ3) is 7.30. The smallest absolute Gasteiger partial charge is 0.317 e. The number of rotatable bonds is 5. The van der Waals surface area contributed by atoms with Gasteiger partial charge in [-0.25, -0.2) is 14.8 Å². The van der Waals surface area contributed by atoms with Gasteiger partial charge in [-0.1, -0.05) is 31.6 Å². The zero-order valence-corrected chi connectivity index (χ0v) is 23.4. The van der Waals surface area contributed by atoms with E-state index in [0.29, 0.717) is 43.8 Å². The highest BCUT2D eigenvalue weighted by Crippen LogP contribution is 2.19. The number of amides is 2. The van der Waals surface area contributed by atoms with Crippen molar-refractivity contribution in [3.05, 3.63) is 53.1 Å². The number of anilines is 3. The first-order valence-electron chi connectivity index (χ1n) is 12.5. The van der Waals surface area contributed by atoms with Crippen LogP contribution in [-0.2, 0) is 0 Å². The Labute approximate surface area is 219 Å². The predicted octanol–water partition coefficient (Wildman–Crippen LogP) is 3.78. The molecule has 0 radical (unpaired) electrons. The molecule has 3 N–H and O–H groups in total. The zero-order valence-electron chi connectivity index (χ0n) is 22.4. The average Bonchev–Trinajstić information content (AvgIpc) is 3.26. The molecule has 0 aromatic carbocycles. The van der Waals surface area contributed by atoms with Crippen LogP contribution in [0.25, 0.3) is 0 Å². The molecular weight excluding hydrogens is 482 g/mol. The van der Waals surface area contributed by atoms with Gasteiger partial charge in [-0.2, -0.15) is 10.1 Å². The van der Waals surface area contributed by atoms with Crippen LogP contribution in [0.15, 0.2) is 30.5 Å². The second kappa shape index (κ2) is 11.0. The molecule has 10 nitrogen and oxygen atoms in total. The number of hydrogen-bond acceptors (Lipinski definition) is 7. The second-order valence-corrected chi connectivity index (χ2v) is 15.1. The summed E-state index contributed by atoms with van der Waals surface area (Å²) in [5, 5.41) is 13.4. The van der Waals surface area contributed by atoms with E-state index in [-0.39, 0.29) is 12.1 Å². The monoisotopic (exact) mass is 517 g/mol. The lowest BCUT2D eigenvalue weighted by molar-refractivity contribution is 0.191. The quantitative estimate of drug-likeness (QED) is 0.348. The molecule has 4 heterocycles. The number of hydrogen-bond donors (Lipinski definition) is 3. The minimum absolute atomic E-state index is 0.0869. The molecule has 1 saturated heterocycles. The maximum atomic E-state index is 12.9. The molecule has 11 heteroatoms. The molecule has 0 spiro atoms. The average molecular weight is 518 g/mol. The van der Waals surface area contributed by atoms with E-state index in [1.165, 1.54) is 0 Å². The lowest BCUT2D eigenvalue weighted by Crippen LogP contribution is -2.52. The van der Waals surface area contributed by atoms with Crippen molar-refractivity contribution in [1.29, 1.82) is 0 Å². The van der Waals surface area contributed by atoms with Crippen molar-refractivity contribution in [3.63, 3.8) is 0 Å². The van der Waals surface area contributed by atoms with Crippen LogP contribution in [0.1, 0.15) is 35.6 Å². The summed E-state index contributed by atoms with van der Waals surface area (Å²) in [7, 11) is -1.45. The highest BCUT2D eigenvalue weighted by Gasteiger charge is 2.24. The Morgan fingerprint density at radius 3 is 2.46 bits per heavy atom. The summed E-state index contributed by atoms with van der Waals surface area (Å²) in [6.45, 7) is 14.9. The van der Waals surface area contributed by atoms with Crippen LogP contribution in [0.3, 0.4) is 0 Å². The van der Waals surface area contributed by atoms with Crippen LogP contribution in [0.5, 0.6) is 0 Å². The minimum atomic E-state index is -1.45. The van der Waals surface area contributed by atoms with E-state index < -0.39 is 8.07 Å². The Hall–Kier alpha value is -3.91. The molecule has 3 aromatic heterocycles. The highest BCUT2D eigenvalue weighted by molar-refractivity contribution is 6.83. The number of H-pyrrole nitrogens is 1. The maximum Gasteiger partial charge on any atom is 0.317 e. The number of aryl methyl sites for hydroxylation is 2. The van der Waals surface area contributed by atoms with E-state index in [1.54, 1.807) is 6.20 Å². The molecule has 0 saturated carbocycles. The normalized spacial score (nSPS) is 14.5. The van der Waals surface area contributed by atoms with Gasteiger partial charge in [0, 0.05) is 55.9 Å². The first-order chi connectivity index (χ1) is 17.6. The zero-order chi connectivity index (χ0) is 26.6. The Balaban J connectivity index is 1.31. The van der Waals surface area contributed by atoms with Crippen LogP contribution in [-0.4, -0.2) is 70.3 Å². The van der Waals surface area contributed by atoms with E-state index in [9.17, 15) is 4.79 Å². The number of carbonyl (C=O) groups excluding carboxylic acids is 1. The van der Waals surface area contributed by atoms with Crippen LogP contribution in [0.4, 0.5) is 22.4 Å². The summed E-state index contributed by atoms with van der Waals surface area (Å²) in [6.07, 6.45) is 1.79. The molecule has 1 aliphatic rings. The standard InChI is InChI=1S/C26H35N9OSi/c1-18-15-23(30-24-16-19(2)32-33-24)31-25(28-18)34-10-12-35(13-11-34)26(36)29-20(3)21-7-8-22(27-17-21)9-14-37(4,5)6/h7-8,15-17,20H,10-13H2,1-6H3,(H,29,36)(H2,28,30,31,32,33)/t20-/m0/s1. The Kier molecular flexibility index (Phi) is 7.78. The fraction of sp³-hybridized carbons (Fsp3) is 0.423. The van der Waals surface area contributed by atoms with Crippen LogP contribution in [0, 0.1) is 25.3 Å². The van der Waals surface area contributed by atoms with E-state index in [0.717, 1.165) is 22.6 Å². The van der Waals surface area contributed by atoms with Crippen LogP contribution in [0.2, 0.25) is 19.6 Å². The van der Waals surface area contributed by atoms with E-state index in [1.807, 2.05) is 49.9 Å². The number of nitrogens with zero attached hydrogens (tertiary/aromatic N) is 6. The molecule has 0 bridgehead atoms. The van der Waals surface area contributed by atoms with Crippen molar-refractivity contribution in [3.8, 4) is 11.5 Å². The minimum Gasteiger partial charge on any atom is -0.337 e. The molecule has 194 valence electrons. The van der Waals surface area contributed by atoms with Gasteiger partial charge in [-0.05, 0) is 32.4 Å². The Bertz CT molecular complexity index is 1300. The first-order valence-corrected chi connectivity index (χ1v) is 16.0. The third-order valence-corrected chi connectivity index (χ3v) is 6.72. The molecular formula is C26H35N9OSi. The van der Waals surface area contributed by atoms with E-state index in [2.05, 4.69) is 71.8 Å². The summed E-state index contributed by atoms with van der Waals surface area (Å²) in [4.78, 5) is 30.6. The van der Waals surface area contributed by atoms with E-state index >= 15 is 0 Å². The number of nitrogens with one attached hydrogen (secondary N) is 3. The van der Waals surface area contributed by atoms with Crippen molar-refractivity contribution < 1.29 is 4.79 Å². The Morgan fingerprint density at radius 1 is 1.08 bits per heavy atom. The molecule has 1 fully saturated rings. The van der Waals surface area contributed by atoms with Gasteiger partial charge in [0.2, 0.25) is 5.95 Å². The molecule has 4 rings (SSSR count). The molecule has 0 unspecified atom stereocenters. The molecule has 37 heavy (non-hydrogen) atoms. The lowest BCUT2D eigenvalue weighted by atomic mass is 10.1. The molecule has 1 atom stereocenters. The maximum absolute atomic E-state index is 12.9. The molecule has 0 aliphatic carbocycles. The SMILES string of the molecule is Cc1cc(Nc2cc(C)[nH]n2)nc(N2CCN(C(=O)N[C@@H](C)c3ccc(C#C[Si](C)(C)C)nc3)CC2)n1. The summed E-state index contributed by atoms with van der Waals surface area (Å²) in [5.41, 5.74) is 6.87. The van der Waals surface area contributed by atoms with Gasteiger partial charge in [0.1, 0.15) is 19.6 Å². The van der Waals surface area contributed by atoms with Crippen molar-refractivity contribution in [2.45, 2.75) is 46.5 Å². The largest absolute Gasteiger partial charge is 0.337 e. The van der Waals surface area contributed by atoms with Crippen molar-refractivity contribution in [2.24, 2.45) is 0 Å². The topological polar surface area (TPSA) is 115 Å². The number of pyridine rings is 1.